The molecule has 0 aromatic heterocycles. The molecule has 0 rings (SSSR count). The Morgan fingerprint density at radius 3 is 1.69 bits per heavy atom. The molecule has 0 amide bonds. The predicted molar refractivity (Wildman–Crippen MR) is 197 cm³/mol. The third-order valence-corrected chi connectivity index (χ3v) is 8.97. The van der Waals surface area contributed by atoms with Gasteiger partial charge in [-0.1, -0.05) is 122 Å². The van der Waals surface area contributed by atoms with Crippen LogP contribution < -0.4 is 0 Å². The van der Waals surface area contributed by atoms with E-state index >= 15 is 0 Å². The number of esters is 2. The molecular formula is C38H73NO8P+. The van der Waals surface area contributed by atoms with Crippen molar-refractivity contribution >= 4 is 19.8 Å². The molecule has 0 bridgehead atoms. The number of phosphoric ester groups is 1. The lowest BCUT2D eigenvalue weighted by atomic mass is 10.1. The summed E-state index contributed by atoms with van der Waals surface area (Å²) in [6.07, 6.45) is 30.8. The Morgan fingerprint density at radius 2 is 1.12 bits per heavy atom. The van der Waals surface area contributed by atoms with Gasteiger partial charge < -0.3 is 18.9 Å². The summed E-state index contributed by atoms with van der Waals surface area (Å²) in [6, 6.07) is 0. The van der Waals surface area contributed by atoms with Crippen LogP contribution >= 0.6 is 7.82 Å². The van der Waals surface area contributed by atoms with E-state index in [2.05, 4.69) is 38.2 Å². The van der Waals surface area contributed by atoms with Gasteiger partial charge in [0.1, 0.15) is 19.8 Å². The van der Waals surface area contributed by atoms with E-state index in [0.717, 1.165) is 57.8 Å². The first-order chi connectivity index (χ1) is 23.0. The Morgan fingerprint density at radius 1 is 0.646 bits per heavy atom. The molecule has 282 valence electrons. The number of hydrogen-bond acceptors (Lipinski definition) is 7. The third kappa shape index (κ3) is 34.4. The molecule has 48 heavy (non-hydrogen) atoms. The molecule has 0 spiro atoms. The Bertz CT molecular complexity index is 886. The number of unbranched alkanes of at least 4 members (excludes halogenated alkanes) is 16. The zero-order valence-electron chi connectivity index (χ0n) is 31.5. The SMILES string of the molecule is CCCCC/C=C/C/C=C/CCCCCCCC(=O)O[C@H](COC(=O)CCCCCCCCCCC)COP(=O)(O)OCC[N+](C)(C)C. The minimum absolute atomic E-state index is 0.0300. The van der Waals surface area contributed by atoms with Crippen molar-refractivity contribution in [1.82, 2.24) is 0 Å². The van der Waals surface area contributed by atoms with Gasteiger partial charge in [0.25, 0.3) is 0 Å². The molecule has 1 unspecified atom stereocenters. The van der Waals surface area contributed by atoms with E-state index in [1.54, 1.807) is 0 Å². The second-order valence-electron chi connectivity index (χ2n) is 14.0. The van der Waals surface area contributed by atoms with Crippen molar-refractivity contribution < 1.29 is 42.1 Å². The highest BCUT2D eigenvalue weighted by Gasteiger charge is 2.27. The molecule has 0 fully saturated rings. The Hall–Kier alpha value is -1.51. The van der Waals surface area contributed by atoms with Crippen LogP contribution in [0.15, 0.2) is 24.3 Å². The van der Waals surface area contributed by atoms with Crippen LogP contribution in [0.4, 0.5) is 0 Å². The molecule has 9 nitrogen and oxygen atoms in total. The molecule has 0 aliphatic heterocycles. The van der Waals surface area contributed by atoms with Gasteiger partial charge in [-0.3, -0.25) is 18.6 Å². The normalized spacial score (nSPS) is 14.0. The van der Waals surface area contributed by atoms with Gasteiger partial charge in [0.05, 0.1) is 27.7 Å². The summed E-state index contributed by atoms with van der Waals surface area (Å²) >= 11 is 0. The standard InChI is InChI=1S/C38H72NO8P/c1-6-8-10-12-14-16-17-18-19-20-21-23-25-27-29-31-38(41)47-36(35-46-48(42,43)45-33-32-39(3,4)5)34-44-37(40)30-28-26-24-22-15-13-11-9-7-2/h14,16,18-19,36H,6-13,15,17,20-35H2,1-5H3/p+1/b16-14+,19-18+/t36-/m1/s1. The van der Waals surface area contributed by atoms with E-state index in [-0.39, 0.29) is 32.0 Å². The van der Waals surface area contributed by atoms with Gasteiger partial charge in [-0.15, -0.1) is 0 Å². The van der Waals surface area contributed by atoms with Gasteiger partial charge >= 0.3 is 19.8 Å². The molecule has 0 radical (unpaired) electrons. The van der Waals surface area contributed by atoms with Crippen molar-refractivity contribution in [2.75, 3.05) is 47.5 Å². The van der Waals surface area contributed by atoms with Crippen LogP contribution in [0.2, 0.25) is 0 Å². The molecule has 0 aromatic rings. The largest absolute Gasteiger partial charge is 0.472 e. The van der Waals surface area contributed by atoms with Crippen LogP contribution in [0.25, 0.3) is 0 Å². The van der Waals surface area contributed by atoms with E-state index < -0.39 is 26.5 Å². The molecule has 1 N–H and O–H groups in total. The summed E-state index contributed by atoms with van der Waals surface area (Å²) < 4.78 is 34.1. The topological polar surface area (TPSA) is 108 Å². The van der Waals surface area contributed by atoms with Gasteiger partial charge in [-0.2, -0.15) is 0 Å². The van der Waals surface area contributed by atoms with Crippen LogP contribution in [0, 0.1) is 0 Å². The maximum atomic E-state index is 12.6. The molecule has 10 heteroatoms. The number of nitrogens with zero attached hydrogens (tertiary/aromatic N) is 1. The molecule has 2 atom stereocenters. The monoisotopic (exact) mass is 703 g/mol. The third-order valence-electron chi connectivity index (χ3n) is 7.98. The summed E-state index contributed by atoms with van der Waals surface area (Å²) in [7, 11) is 1.47. The zero-order valence-corrected chi connectivity index (χ0v) is 32.4. The lowest BCUT2D eigenvalue weighted by Crippen LogP contribution is -2.37. The first-order valence-electron chi connectivity index (χ1n) is 19.1. The van der Waals surface area contributed by atoms with Gasteiger partial charge in [-0.05, 0) is 44.9 Å². The number of ether oxygens (including phenoxy) is 2. The van der Waals surface area contributed by atoms with Gasteiger partial charge in [0, 0.05) is 12.8 Å². The fourth-order valence-corrected chi connectivity index (χ4v) is 5.67. The number of hydrogen-bond donors (Lipinski definition) is 1. The molecule has 0 aliphatic carbocycles. The fraction of sp³-hybridized carbons (Fsp3) is 0.842. The van der Waals surface area contributed by atoms with Crippen molar-refractivity contribution in [3.8, 4) is 0 Å². The van der Waals surface area contributed by atoms with Crippen LogP contribution in [0.1, 0.15) is 155 Å². The number of likely N-dealkylation sites (N-methyl/N-ethyl adjacent to an activating group) is 1. The number of phosphoric acid groups is 1. The average molecular weight is 703 g/mol. The smallest absolute Gasteiger partial charge is 0.462 e. The lowest BCUT2D eigenvalue weighted by molar-refractivity contribution is -0.870. The predicted octanol–water partition coefficient (Wildman–Crippen LogP) is 10.0. The number of allylic oxidation sites excluding steroid dienone is 4. The lowest BCUT2D eigenvalue weighted by Gasteiger charge is -2.24. The zero-order chi connectivity index (χ0) is 35.8. The Labute approximate surface area is 294 Å². The van der Waals surface area contributed by atoms with E-state index in [4.69, 9.17) is 18.5 Å². The van der Waals surface area contributed by atoms with Gasteiger partial charge in [0.2, 0.25) is 0 Å². The van der Waals surface area contributed by atoms with Crippen LogP contribution in [-0.2, 0) is 32.7 Å². The summed E-state index contributed by atoms with van der Waals surface area (Å²) in [5.74, 6) is -0.818. The second-order valence-corrected chi connectivity index (χ2v) is 15.4. The van der Waals surface area contributed by atoms with E-state index in [1.807, 2.05) is 21.1 Å². The molecular weight excluding hydrogens is 629 g/mol. The van der Waals surface area contributed by atoms with Crippen molar-refractivity contribution in [3.05, 3.63) is 24.3 Å². The first-order valence-corrected chi connectivity index (χ1v) is 20.6. The van der Waals surface area contributed by atoms with Crippen LogP contribution in [-0.4, -0.2) is 74.9 Å². The molecule has 0 saturated carbocycles. The number of rotatable bonds is 34. The van der Waals surface area contributed by atoms with Crippen molar-refractivity contribution in [2.24, 2.45) is 0 Å². The van der Waals surface area contributed by atoms with Gasteiger partial charge in [0.15, 0.2) is 6.10 Å². The Balaban J connectivity index is 4.45. The van der Waals surface area contributed by atoms with Crippen molar-refractivity contribution in [3.63, 3.8) is 0 Å². The highest BCUT2D eigenvalue weighted by atomic mass is 31.2. The summed E-state index contributed by atoms with van der Waals surface area (Å²) in [4.78, 5) is 35.1. The highest BCUT2D eigenvalue weighted by Crippen LogP contribution is 2.43. The van der Waals surface area contributed by atoms with Crippen LogP contribution in [0.5, 0.6) is 0 Å². The molecule has 0 heterocycles. The number of quaternary nitrogens is 1. The van der Waals surface area contributed by atoms with E-state index in [1.165, 1.54) is 64.2 Å². The number of carbonyl (C=O) groups is 2. The number of carbonyl (C=O) groups excluding carboxylic acids is 2. The average Bonchev–Trinajstić information content (AvgIpc) is 3.02. The van der Waals surface area contributed by atoms with Gasteiger partial charge in [-0.25, -0.2) is 4.57 Å². The summed E-state index contributed by atoms with van der Waals surface area (Å²) in [5.41, 5.74) is 0. The van der Waals surface area contributed by atoms with Crippen LogP contribution in [0.3, 0.4) is 0 Å². The molecule has 0 saturated heterocycles. The summed E-state index contributed by atoms with van der Waals surface area (Å²) in [6.45, 7) is 4.34. The quantitative estimate of drug-likeness (QED) is 0.0232. The Kier molecular flexibility index (Phi) is 30.5. The minimum atomic E-state index is -4.36. The second kappa shape index (κ2) is 31.5. The summed E-state index contributed by atoms with van der Waals surface area (Å²) in [5, 5.41) is 0. The maximum absolute atomic E-state index is 12.6. The highest BCUT2D eigenvalue weighted by molar-refractivity contribution is 7.47. The van der Waals surface area contributed by atoms with E-state index in [0.29, 0.717) is 17.4 Å². The van der Waals surface area contributed by atoms with E-state index in [9.17, 15) is 19.0 Å². The van der Waals surface area contributed by atoms with Crippen molar-refractivity contribution in [2.45, 2.75) is 161 Å². The minimum Gasteiger partial charge on any atom is -0.462 e. The fourth-order valence-electron chi connectivity index (χ4n) is 4.92. The molecule has 0 aliphatic rings. The van der Waals surface area contributed by atoms with Crippen molar-refractivity contribution in [1.29, 1.82) is 0 Å². The first kappa shape index (κ1) is 46.5. The molecule has 0 aromatic carbocycles. The maximum Gasteiger partial charge on any atom is 0.472 e.